The first-order valence-electron chi connectivity index (χ1n) is 6.93. The molecular formula is C17H16F3NO. The van der Waals surface area contributed by atoms with Crippen molar-refractivity contribution in [3.8, 4) is 17.1 Å². The molecule has 0 aliphatic carbocycles. The normalized spacial score (nSPS) is 11.8. The van der Waals surface area contributed by atoms with Crippen molar-refractivity contribution in [2.75, 3.05) is 6.61 Å². The Morgan fingerprint density at radius 2 is 1.82 bits per heavy atom. The Labute approximate surface area is 127 Å². The molecule has 5 heteroatoms. The summed E-state index contributed by atoms with van der Waals surface area (Å²) < 4.78 is 44.3. The standard InChI is InChI=1S/C17H16F3NO/c1-2-3-7-10-22-16-12-14(17(18,19)20)11-15(21-16)13-8-5-4-6-9-13/h3-9,11-12H,2,10H2,1H3/b7-3+. The van der Waals surface area contributed by atoms with E-state index in [1.54, 1.807) is 36.4 Å². The van der Waals surface area contributed by atoms with Crippen molar-refractivity contribution in [1.29, 1.82) is 0 Å². The molecule has 2 aromatic rings. The van der Waals surface area contributed by atoms with E-state index in [9.17, 15) is 13.2 Å². The van der Waals surface area contributed by atoms with Crippen LogP contribution < -0.4 is 4.74 Å². The quantitative estimate of drug-likeness (QED) is 0.716. The van der Waals surface area contributed by atoms with Gasteiger partial charge in [-0.05, 0) is 12.5 Å². The maximum Gasteiger partial charge on any atom is 0.416 e. The highest BCUT2D eigenvalue weighted by molar-refractivity contribution is 5.60. The second-order valence-electron chi connectivity index (χ2n) is 4.63. The first kappa shape index (κ1) is 16.1. The highest BCUT2D eigenvalue weighted by Crippen LogP contribution is 2.33. The van der Waals surface area contributed by atoms with Crippen molar-refractivity contribution in [1.82, 2.24) is 4.98 Å². The van der Waals surface area contributed by atoms with E-state index in [1.807, 2.05) is 13.0 Å². The second-order valence-corrected chi connectivity index (χ2v) is 4.63. The number of ether oxygens (including phenoxy) is 1. The predicted molar refractivity (Wildman–Crippen MR) is 79.6 cm³/mol. The molecule has 0 amide bonds. The zero-order valence-electron chi connectivity index (χ0n) is 12.1. The third-order valence-corrected chi connectivity index (χ3v) is 2.93. The molecule has 0 N–H and O–H groups in total. The first-order valence-corrected chi connectivity index (χ1v) is 6.93. The molecular weight excluding hydrogens is 291 g/mol. The molecule has 0 saturated heterocycles. The monoisotopic (exact) mass is 307 g/mol. The van der Waals surface area contributed by atoms with Gasteiger partial charge in [0.2, 0.25) is 5.88 Å². The number of allylic oxidation sites excluding steroid dienone is 1. The number of alkyl halides is 3. The van der Waals surface area contributed by atoms with Crippen molar-refractivity contribution >= 4 is 0 Å². The van der Waals surface area contributed by atoms with Crippen LogP contribution in [0, 0.1) is 0 Å². The lowest BCUT2D eigenvalue weighted by Gasteiger charge is -2.11. The lowest BCUT2D eigenvalue weighted by molar-refractivity contribution is -0.137. The van der Waals surface area contributed by atoms with Crippen LogP contribution in [0.4, 0.5) is 13.2 Å². The molecule has 0 radical (unpaired) electrons. The van der Waals surface area contributed by atoms with E-state index in [2.05, 4.69) is 4.98 Å². The molecule has 0 bridgehead atoms. The zero-order valence-corrected chi connectivity index (χ0v) is 12.1. The summed E-state index contributed by atoms with van der Waals surface area (Å²) in [5.74, 6) is -0.0329. The molecule has 0 spiro atoms. The Balaban J connectivity index is 2.35. The van der Waals surface area contributed by atoms with Crippen molar-refractivity contribution in [2.45, 2.75) is 19.5 Å². The summed E-state index contributed by atoms with van der Waals surface area (Å²) in [6, 6.07) is 10.7. The number of hydrogen-bond acceptors (Lipinski definition) is 2. The Morgan fingerprint density at radius 1 is 1.09 bits per heavy atom. The van der Waals surface area contributed by atoms with Gasteiger partial charge in [-0.3, -0.25) is 0 Å². The summed E-state index contributed by atoms with van der Waals surface area (Å²) in [6.45, 7) is 2.16. The van der Waals surface area contributed by atoms with E-state index in [0.717, 1.165) is 18.6 Å². The number of halogens is 3. The fraction of sp³-hybridized carbons (Fsp3) is 0.235. The van der Waals surface area contributed by atoms with Crippen molar-refractivity contribution in [2.24, 2.45) is 0 Å². The van der Waals surface area contributed by atoms with Gasteiger partial charge in [-0.25, -0.2) is 4.98 Å². The topological polar surface area (TPSA) is 22.1 Å². The SMILES string of the molecule is CC/C=C/COc1cc(C(F)(F)F)cc(-c2ccccc2)n1. The van der Waals surface area contributed by atoms with E-state index in [-0.39, 0.29) is 18.2 Å². The zero-order chi connectivity index (χ0) is 16.0. The number of aromatic nitrogens is 1. The summed E-state index contributed by atoms with van der Waals surface area (Å²) in [6.07, 6.45) is 0.0360. The molecule has 0 fully saturated rings. The lowest BCUT2D eigenvalue weighted by Crippen LogP contribution is -2.07. The number of nitrogens with zero attached hydrogens (tertiary/aromatic N) is 1. The predicted octanol–water partition coefficient (Wildman–Crippen LogP) is 5.11. The molecule has 0 aliphatic heterocycles. The van der Waals surface area contributed by atoms with E-state index in [0.29, 0.717) is 5.56 Å². The minimum Gasteiger partial charge on any atom is -0.473 e. The van der Waals surface area contributed by atoms with Gasteiger partial charge in [-0.15, -0.1) is 0 Å². The van der Waals surface area contributed by atoms with Gasteiger partial charge in [-0.1, -0.05) is 49.4 Å². The molecule has 1 aromatic carbocycles. The average molecular weight is 307 g/mol. The fourth-order valence-corrected chi connectivity index (χ4v) is 1.87. The minimum absolute atomic E-state index is 0.0329. The third-order valence-electron chi connectivity index (χ3n) is 2.93. The molecule has 0 atom stereocenters. The number of hydrogen-bond donors (Lipinski definition) is 0. The summed E-state index contributed by atoms with van der Waals surface area (Å²) in [5.41, 5.74) is 0.0864. The van der Waals surface area contributed by atoms with Crippen LogP contribution in [-0.4, -0.2) is 11.6 Å². The number of benzene rings is 1. The third kappa shape index (κ3) is 4.35. The van der Waals surface area contributed by atoms with Crippen LogP contribution in [0.3, 0.4) is 0 Å². The molecule has 0 aliphatic rings. The van der Waals surface area contributed by atoms with Crippen molar-refractivity contribution in [3.63, 3.8) is 0 Å². The van der Waals surface area contributed by atoms with E-state index in [1.165, 1.54) is 0 Å². The number of pyridine rings is 1. The summed E-state index contributed by atoms with van der Waals surface area (Å²) >= 11 is 0. The maximum absolute atomic E-state index is 13.0. The Hall–Kier alpha value is -2.30. The summed E-state index contributed by atoms with van der Waals surface area (Å²) in [4.78, 5) is 4.16. The first-order chi connectivity index (χ1) is 10.5. The molecule has 2 rings (SSSR count). The van der Waals surface area contributed by atoms with Crippen LogP contribution in [0.2, 0.25) is 0 Å². The molecule has 1 aromatic heterocycles. The lowest BCUT2D eigenvalue weighted by atomic mass is 10.1. The highest BCUT2D eigenvalue weighted by atomic mass is 19.4. The molecule has 22 heavy (non-hydrogen) atoms. The maximum atomic E-state index is 13.0. The van der Waals surface area contributed by atoms with Crippen LogP contribution in [0.25, 0.3) is 11.3 Å². The van der Waals surface area contributed by atoms with Crippen LogP contribution in [0.1, 0.15) is 18.9 Å². The second kappa shape index (κ2) is 7.11. The number of rotatable bonds is 5. The van der Waals surface area contributed by atoms with Gasteiger partial charge in [0.15, 0.2) is 0 Å². The van der Waals surface area contributed by atoms with E-state index < -0.39 is 11.7 Å². The Kier molecular flexibility index (Phi) is 5.20. The minimum atomic E-state index is -4.44. The van der Waals surface area contributed by atoms with Gasteiger partial charge in [-0.2, -0.15) is 13.2 Å². The smallest absolute Gasteiger partial charge is 0.416 e. The summed E-state index contributed by atoms with van der Waals surface area (Å²) in [5, 5.41) is 0. The van der Waals surface area contributed by atoms with Gasteiger partial charge in [0.05, 0.1) is 11.3 Å². The van der Waals surface area contributed by atoms with E-state index in [4.69, 9.17) is 4.74 Å². The highest BCUT2D eigenvalue weighted by Gasteiger charge is 2.32. The van der Waals surface area contributed by atoms with Gasteiger partial charge >= 0.3 is 6.18 Å². The van der Waals surface area contributed by atoms with Gasteiger partial charge in [0.25, 0.3) is 0 Å². The Morgan fingerprint density at radius 3 is 2.45 bits per heavy atom. The largest absolute Gasteiger partial charge is 0.473 e. The van der Waals surface area contributed by atoms with Gasteiger partial charge < -0.3 is 4.74 Å². The Bertz CT molecular complexity index is 636. The fourth-order valence-electron chi connectivity index (χ4n) is 1.87. The van der Waals surface area contributed by atoms with Gasteiger partial charge in [0, 0.05) is 11.6 Å². The van der Waals surface area contributed by atoms with E-state index >= 15 is 0 Å². The average Bonchev–Trinajstić information content (AvgIpc) is 2.51. The molecule has 116 valence electrons. The van der Waals surface area contributed by atoms with Crippen LogP contribution >= 0.6 is 0 Å². The van der Waals surface area contributed by atoms with Gasteiger partial charge in [0.1, 0.15) is 6.61 Å². The molecule has 1 heterocycles. The van der Waals surface area contributed by atoms with Crippen molar-refractivity contribution in [3.05, 3.63) is 60.2 Å². The molecule has 2 nitrogen and oxygen atoms in total. The van der Waals surface area contributed by atoms with Crippen LogP contribution in [-0.2, 0) is 6.18 Å². The van der Waals surface area contributed by atoms with Crippen LogP contribution in [0.5, 0.6) is 5.88 Å². The van der Waals surface area contributed by atoms with Crippen LogP contribution in [0.15, 0.2) is 54.6 Å². The molecule has 0 saturated carbocycles. The van der Waals surface area contributed by atoms with Crippen molar-refractivity contribution < 1.29 is 17.9 Å². The molecule has 0 unspecified atom stereocenters. The summed E-state index contributed by atoms with van der Waals surface area (Å²) in [7, 11) is 0.